The maximum Gasteiger partial charge on any atom is 0.209 e. The van der Waals surface area contributed by atoms with Crippen molar-refractivity contribution >= 4 is 45.7 Å². The van der Waals surface area contributed by atoms with Crippen LogP contribution in [-0.4, -0.2) is 15.9 Å². The number of nitrogens with one attached hydrogen (secondary N) is 1. The highest BCUT2D eigenvalue weighted by Crippen LogP contribution is 2.40. The Bertz CT molecular complexity index is 533. The van der Waals surface area contributed by atoms with Gasteiger partial charge in [0.15, 0.2) is 0 Å². The fraction of sp³-hybridized carbons (Fsp3) is 0.273. The maximum atomic E-state index is 5.92. The number of halogens is 3. The lowest BCUT2D eigenvalue weighted by Gasteiger charge is -2.19. The molecule has 2 aromatic rings. The van der Waals surface area contributed by atoms with E-state index in [-0.39, 0.29) is 0 Å². The van der Waals surface area contributed by atoms with Gasteiger partial charge in [0, 0.05) is 17.1 Å². The summed E-state index contributed by atoms with van der Waals surface area (Å²) in [7, 11) is 1.60. The van der Waals surface area contributed by atoms with Crippen molar-refractivity contribution in [1.82, 2.24) is 4.98 Å². The van der Waals surface area contributed by atoms with Crippen LogP contribution in [0.4, 0.5) is 0 Å². The quantitative estimate of drug-likeness (QED) is 0.832. The summed E-state index contributed by atoms with van der Waals surface area (Å²) >= 11 is 17.4. The third-order valence-corrected chi connectivity index (χ3v) is 3.31. The number of nitrogens with two attached hydrogens (primary N) is 1. The number of hydrogen-bond acceptors (Lipinski definition) is 2. The summed E-state index contributed by atoms with van der Waals surface area (Å²) in [4.78, 5) is 3.08. The fourth-order valence-electron chi connectivity index (χ4n) is 1.68. The molecule has 1 heterocycles. The third-order valence-electron chi connectivity index (χ3n) is 2.61. The van der Waals surface area contributed by atoms with Crippen LogP contribution in [0.1, 0.15) is 11.6 Å². The largest absolute Gasteiger partial charge is 0.497 e. The van der Waals surface area contributed by atoms with Crippen LogP contribution in [0.15, 0.2) is 24.4 Å². The molecule has 3 N–H and O–H groups in total. The Hall–Kier alpha value is -0.610. The van der Waals surface area contributed by atoms with Gasteiger partial charge in [0.2, 0.25) is 3.79 Å². The minimum absolute atomic E-state index is 0.701. The Balaban J connectivity index is 2.54. The number of aromatic nitrogens is 1. The van der Waals surface area contributed by atoms with Crippen molar-refractivity contribution in [2.24, 2.45) is 5.73 Å². The average Bonchev–Trinajstić information content (AvgIpc) is 2.69. The summed E-state index contributed by atoms with van der Waals surface area (Å²) in [5, 5.41) is 0.892. The lowest BCUT2D eigenvalue weighted by Crippen LogP contribution is -2.25. The first kappa shape index (κ1) is 12.8. The summed E-state index contributed by atoms with van der Waals surface area (Å²) in [5.41, 5.74) is 7.59. The first-order chi connectivity index (χ1) is 7.93. The smallest absolute Gasteiger partial charge is 0.209 e. The average molecular weight is 294 g/mol. The maximum absolute atomic E-state index is 5.92. The molecule has 0 aliphatic rings. The minimum Gasteiger partial charge on any atom is -0.497 e. The number of aromatic amines is 1. The molecule has 0 saturated carbocycles. The van der Waals surface area contributed by atoms with Crippen LogP contribution < -0.4 is 10.5 Å². The number of rotatable bonds is 2. The van der Waals surface area contributed by atoms with Crippen LogP contribution in [0.3, 0.4) is 0 Å². The summed E-state index contributed by atoms with van der Waals surface area (Å²) < 4.78 is 3.61. The predicted octanol–water partition coefficient (Wildman–Crippen LogP) is 3.55. The molecule has 0 aliphatic carbocycles. The molecule has 17 heavy (non-hydrogen) atoms. The van der Waals surface area contributed by atoms with Crippen molar-refractivity contribution in [2.45, 2.75) is 9.83 Å². The Labute approximate surface area is 114 Å². The van der Waals surface area contributed by atoms with Gasteiger partial charge in [-0.05, 0) is 23.8 Å². The summed E-state index contributed by atoms with van der Waals surface area (Å²) in [6, 6.07) is 4.90. The van der Waals surface area contributed by atoms with E-state index in [0.717, 1.165) is 22.2 Å². The van der Waals surface area contributed by atoms with Gasteiger partial charge in [0.05, 0.1) is 13.2 Å². The van der Waals surface area contributed by atoms with Crippen LogP contribution in [0.5, 0.6) is 5.75 Å². The Morgan fingerprint density at radius 3 is 2.65 bits per heavy atom. The van der Waals surface area contributed by atoms with Gasteiger partial charge in [-0.3, -0.25) is 0 Å². The van der Waals surface area contributed by atoms with E-state index in [1.165, 1.54) is 0 Å². The van der Waals surface area contributed by atoms with E-state index in [1.807, 2.05) is 18.2 Å². The fourth-order valence-corrected chi connectivity index (χ4v) is 2.03. The van der Waals surface area contributed by atoms with Crippen molar-refractivity contribution in [1.29, 1.82) is 0 Å². The van der Waals surface area contributed by atoms with Gasteiger partial charge in [-0.2, -0.15) is 0 Å². The molecule has 1 unspecified atom stereocenters. The van der Waals surface area contributed by atoms with E-state index in [0.29, 0.717) is 0 Å². The standard InChI is InChI=1S/C11H11Cl3N2O/c1-17-6-2-3-9-7(4-6)8(5-16-9)10(15)11(12,13)14/h2-5,10,16H,15H2,1H3. The zero-order valence-corrected chi connectivity index (χ0v) is 11.3. The van der Waals surface area contributed by atoms with Gasteiger partial charge in [-0.25, -0.2) is 0 Å². The van der Waals surface area contributed by atoms with Crippen LogP contribution in [0.2, 0.25) is 0 Å². The molecule has 0 aliphatic heterocycles. The van der Waals surface area contributed by atoms with Gasteiger partial charge in [-0.15, -0.1) is 0 Å². The number of H-pyrrole nitrogens is 1. The first-order valence-corrected chi connectivity index (χ1v) is 6.04. The van der Waals surface area contributed by atoms with E-state index < -0.39 is 9.83 Å². The Kier molecular flexibility index (Phi) is 3.46. The number of methoxy groups -OCH3 is 1. The Morgan fingerprint density at radius 1 is 1.35 bits per heavy atom. The normalized spacial score (nSPS) is 13.9. The molecule has 1 aromatic heterocycles. The third kappa shape index (κ3) is 2.47. The molecule has 2 rings (SSSR count). The van der Waals surface area contributed by atoms with Crippen LogP contribution in [-0.2, 0) is 0 Å². The van der Waals surface area contributed by atoms with Gasteiger partial charge < -0.3 is 15.5 Å². The second kappa shape index (κ2) is 4.58. The second-order valence-electron chi connectivity index (χ2n) is 3.67. The van der Waals surface area contributed by atoms with Crippen molar-refractivity contribution in [3.8, 4) is 5.75 Å². The van der Waals surface area contributed by atoms with E-state index in [1.54, 1.807) is 13.3 Å². The summed E-state index contributed by atoms with van der Waals surface area (Å²) in [5.74, 6) is 0.731. The van der Waals surface area contributed by atoms with Gasteiger partial charge >= 0.3 is 0 Å². The number of alkyl halides is 3. The molecule has 0 fully saturated rings. The van der Waals surface area contributed by atoms with Gasteiger partial charge in [0.25, 0.3) is 0 Å². The highest BCUT2D eigenvalue weighted by atomic mass is 35.6. The molecule has 0 bridgehead atoms. The molecular weight excluding hydrogens is 282 g/mol. The zero-order chi connectivity index (χ0) is 12.6. The molecule has 3 nitrogen and oxygen atoms in total. The van der Waals surface area contributed by atoms with Crippen LogP contribution in [0, 0.1) is 0 Å². The number of fused-ring (bicyclic) bond motifs is 1. The monoisotopic (exact) mass is 292 g/mol. The zero-order valence-electron chi connectivity index (χ0n) is 9.01. The number of hydrogen-bond donors (Lipinski definition) is 2. The summed E-state index contributed by atoms with van der Waals surface area (Å²) in [6.07, 6.45) is 1.75. The SMILES string of the molecule is COc1ccc2[nH]cc(C(N)C(Cl)(Cl)Cl)c2c1. The van der Waals surface area contributed by atoms with Crippen molar-refractivity contribution < 1.29 is 4.74 Å². The molecule has 0 radical (unpaired) electrons. The second-order valence-corrected chi connectivity index (χ2v) is 6.04. The number of benzene rings is 1. The van der Waals surface area contributed by atoms with Gasteiger partial charge in [0.1, 0.15) is 5.75 Å². The molecular formula is C11H11Cl3N2O. The van der Waals surface area contributed by atoms with E-state index in [2.05, 4.69) is 4.98 Å². The van der Waals surface area contributed by atoms with E-state index in [9.17, 15) is 0 Å². The molecule has 0 amide bonds. The highest BCUT2D eigenvalue weighted by Gasteiger charge is 2.32. The van der Waals surface area contributed by atoms with Crippen molar-refractivity contribution in [2.75, 3.05) is 7.11 Å². The first-order valence-electron chi connectivity index (χ1n) is 4.91. The molecule has 0 spiro atoms. The van der Waals surface area contributed by atoms with Crippen LogP contribution in [0.25, 0.3) is 10.9 Å². The molecule has 1 aromatic carbocycles. The van der Waals surface area contributed by atoms with E-state index >= 15 is 0 Å². The molecule has 92 valence electrons. The Morgan fingerprint density at radius 2 is 2.06 bits per heavy atom. The number of ether oxygens (including phenoxy) is 1. The van der Waals surface area contributed by atoms with E-state index in [4.69, 9.17) is 45.3 Å². The lowest BCUT2D eigenvalue weighted by molar-refractivity contribution is 0.415. The topological polar surface area (TPSA) is 51.0 Å². The minimum atomic E-state index is -1.54. The molecule has 6 heteroatoms. The van der Waals surface area contributed by atoms with Crippen molar-refractivity contribution in [3.63, 3.8) is 0 Å². The van der Waals surface area contributed by atoms with Gasteiger partial charge in [-0.1, -0.05) is 34.8 Å². The predicted molar refractivity (Wildman–Crippen MR) is 72.1 cm³/mol. The van der Waals surface area contributed by atoms with Crippen LogP contribution >= 0.6 is 34.8 Å². The lowest BCUT2D eigenvalue weighted by atomic mass is 10.1. The molecule has 0 saturated heterocycles. The summed E-state index contributed by atoms with van der Waals surface area (Å²) in [6.45, 7) is 0. The van der Waals surface area contributed by atoms with Crippen molar-refractivity contribution in [3.05, 3.63) is 30.0 Å². The highest BCUT2D eigenvalue weighted by molar-refractivity contribution is 6.68. The molecule has 1 atom stereocenters.